The number of thiocarbonyl (C=S) groups is 1. The Kier molecular flexibility index (Phi) is 6.28. The third-order valence-corrected chi connectivity index (χ3v) is 6.46. The standard InChI is InChI=1S/C25H28N4O2S/c1-4-5-14-28-23(22(27-25(28)32)21-8-6-7-13-26-21)20-15-16(2)29(17(20)3)19-11-9-18(10-12-19)24(30)31/h6-13,15,22-23H,4-5,14H2,1-3H3,(H,27,32)(H,30,31)/t22-,23-/m1/s1. The second-order valence-electron chi connectivity index (χ2n) is 8.19. The highest BCUT2D eigenvalue weighted by Crippen LogP contribution is 2.41. The zero-order valence-electron chi connectivity index (χ0n) is 18.6. The van der Waals surface area contributed by atoms with E-state index < -0.39 is 5.97 Å². The molecule has 3 heterocycles. The summed E-state index contributed by atoms with van der Waals surface area (Å²) in [6.45, 7) is 7.26. The van der Waals surface area contributed by atoms with Gasteiger partial charge in [0, 0.05) is 29.8 Å². The Morgan fingerprint density at radius 2 is 1.94 bits per heavy atom. The Bertz CT molecular complexity index is 1120. The van der Waals surface area contributed by atoms with Crippen LogP contribution in [0.15, 0.2) is 54.7 Å². The van der Waals surface area contributed by atoms with Crippen molar-refractivity contribution in [1.82, 2.24) is 19.8 Å². The van der Waals surface area contributed by atoms with Gasteiger partial charge in [-0.15, -0.1) is 0 Å². The van der Waals surface area contributed by atoms with Crippen molar-refractivity contribution in [2.24, 2.45) is 0 Å². The molecule has 3 aromatic rings. The van der Waals surface area contributed by atoms with Crippen LogP contribution in [0.3, 0.4) is 0 Å². The van der Waals surface area contributed by atoms with E-state index in [1.165, 1.54) is 5.56 Å². The molecule has 2 N–H and O–H groups in total. The van der Waals surface area contributed by atoms with Gasteiger partial charge >= 0.3 is 5.97 Å². The lowest BCUT2D eigenvalue weighted by Gasteiger charge is -2.28. The van der Waals surface area contributed by atoms with Gasteiger partial charge in [0.2, 0.25) is 0 Å². The van der Waals surface area contributed by atoms with Crippen LogP contribution in [-0.4, -0.2) is 37.2 Å². The second kappa shape index (κ2) is 9.12. The maximum absolute atomic E-state index is 11.2. The lowest BCUT2D eigenvalue weighted by molar-refractivity contribution is 0.0697. The maximum atomic E-state index is 11.2. The minimum absolute atomic E-state index is 0.0298. The molecule has 0 radical (unpaired) electrons. The van der Waals surface area contributed by atoms with Gasteiger partial charge in [-0.2, -0.15) is 0 Å². The van der Waals surface area contributed by atoms with Gasteiger partial charge in [-0.3, -0.25) is 4.98 Å². The number of carboxylic acids is 1. The van der Waals surface area contributed by atoms with Crippen LogP contribution in [0.1, 0.15) is 64.9 Å². The van der Waals surface area contributed by atoms with Crippen LogP contribution in [0.2, 0.25) is 0 Å². The number of carboxylic acid groups (broad SMARTS) is 1. The molecule has 0 amide bonds. The minimum Gasteiger partial charge on any atom is -0.478 e. The molecule has 7 heteroatoms. The van der Waals surface area contributed by atoms with E-state index in [9.17, 15) is 9.90 Å². The van der Waals surface area contributed by atoms with Gasteiger partial charge in [0.1, 0.15) is 0 Å². The second-order valence-corrected chi connectivity index (χ2v) is 8.57. The first kappa shape index (κ1) is 22.0. The number of pyridine rings is 1. The monoisotopic (exact) mass is 448 g/mol. The summed E-state index contributed by atoms with van der Waals surface area (Å²) in [7, 11) is 0. The van der Waals surface area contributed by atoms with Gasteiger partial charge < -0.3 is 19.9 Å². The zero-order valence-corrected chi connectivity index (χ0v) is 19.4. The molecule has 0 spiro atoms. The largest absolute Gasteiger partial charge is 0.478 e. The molecule has 6 nitrogen and oxygen atoms in total. The van der Waals surface area contributed by atoms with E-state index in [4.69, 9.17) is 12.2 Å². The normalized spacial score (nSPS) is 18.1. The van der Waals surface area contributed by atoms with Gasteiger partial charge in [0.25, 0.3) is 0 Å². The van der Waals surface area contributed by atoms with E-state index in [1.54, 1.807) is 12.1 Å². The van der Waals surface area contributed by atoms with Crippen molar-refractivity contribution in [2.75, 3.05) is 6.54 Å². The first-order valence-corrected chi connectivity index (χ1v) is 11.3. The van der Waals surface area contributed by atoms with E-state index in [0.717, 1.165) is 47.3 Å². The summed E-state index contributed by atoms with van der Waals surface area (Å²) < 4.78 is 2.18. The molecule has 0 bridgehead atoms. The van der Waals surface area contributed by atoms with Gasteiger partial charge in [0.15, 0.2) is 5.11 Å². The highest BCUT2D eigenvalue weighted by molar-refractivity contribution is 7.80. The summed E-state index contributed by atoms with van der Waals surface area (Å²) in [5.74, 6) is -0.923. The summed E-state index contributed by atoms with van der Waals surface area (Å²) >= 11 is 5.75. The number of hydrogen-bond acceptors (Lipinski definition) is 3. The number of hydrogen-bond donors (Lipinski definition) is 2. The lowest BCUT2D eigenvalue weighted by Crippen LogP contribution is -2.30. The SMILES string of the molecule is CCCCN1C(=S)N[C@H](c2ccccn2)[C@H]1c1cc(C)n(-c2ccc(C(=O)O)cc2)c1C. The molecule has 0 saturated carbocycles. The number of nitrogens with zero attached hydrogens (tertiary/aromatic N) is 3. The van der Waals surface area contributed by atoms with E-state index in [-0.39, 0.29) is 17.6 Å². The predicted octanol–water partition coefficient (Wildman–Crippen LogP) is 4.96. The number of unbranched alkanes of at least 4 members (excludes halogenated alkanes) is 1. The average molecular weight is 449 g/mol. The fourth-order valence-corrected chi connectivity index (χ4v) is 4.88. The van der Waals surface area contributed by atoms with Gasteiger partial charge in [0.05, 0.1) is 23.3 Å². The molecule has 2 aromatic heterocycles. The third-order valence-electron chi connectivity index (χ3n) is 6.11. The Morgan fingerprint density at radius 3 is 2.56 bits per heavy atom. The summed E-state index contributed by atoms with van der Waals surface area (Å²) in [6.07, 6.45) is 3.97. The Hall–Kier alpha value is -3.19. The van der Waals surface area contributed by atoms with Crippen molar-refractivity contribution in [3.63, 3.8) is 0 Å². The highest BCUT2D eigenvalue weighted by Gasteiger charge is 2.41. The van der Waals surface area contributed by atoms with Crippen molar-refractivity contribution in [3.05, 3.63) is 82.9 Å². The fraction of sp³-hybridized carbons (Fsp3) is 0.320. The predicted molar refractivity (Wildman–Crippen MR) is 129 cm³/mol. The highest BCUT2D eigenvalue weighted by atomic mass is 32.1. The first-order valence-electron chi connectivity index (χ1n) is 10.9. The average Bonchev–Trinajstić information content (AvgIpc) is 3.27. The summed E-state index contributed by atoms with van der Waals surface area (Å²) in [6, 6.07) is 15.2. The number of nitrogens with one attached hydrogen (secondary N) is 1. The van der Waals surface area contributed by atoms with Gasteiger partial charge in [-0.05, 0) is 80.5 Å². The van der Waals surface area contributed by atoms with Crippen molar-refractivity contribution < 1.29 is 9.90 Å². The Morgan fingerprint density at radius 1 is 1.19 bits per heavy atom. The number of aromatic nitrogens is 2. The van der Waals surface area contributed by atoms with E-state index in [2.05, 4.69) is 46.6 Å². The van der Waals surface area contributed by atoms with Crippen LogP contribution in [0.4, 0.5) is 0 Å². The zero-order chi connectivity index (χ0) is 22.8. The van der Waals surface area contributed by atoms with Gasteiger partial charge in [-0.25, -0.2) is 4.79 Å². The van der Waals surface area contributed by atoms with Crippen LogP contribution in [0, 0.1) is 13.8 Å². The van der Waals surface area contributed by atoms with Crippen molar-refractivity contribution in [3.8, 4) is 5.69 Å². The maximum Gasteiger partial charge on any atom is 0.335 e. The summed E-state index contributed by atoms with van der Waals surface area (Å²) in [4.78, 5) is 18.2. The molecular formula is C25H28N4O2S. The topological polar surface area (TPSA) is 70.4 Å². The lowest BCUT2D eigenvalue weighted by atomic mass is 9.96. The van der Waals surface area contributed by atoms with Crippen LogP contribution in [-0.2, 0) is 0 Å². The summed E-state index contributed by atoms with van der Waals surface area (Å²) in [5.41, 5.74) is 5.60. The molecule has 2 atom stereocenters. The number of aryl methyl sites for hydroxylation is 1. The van der Waals surface area contributed by atoms with Gasteiger partial charge in [-0.1, -0.05) is 19.4 Å². The quantitative estimate of drug-likeness (QED) is 0.498. The Balaban J connectivity index is 1.79. The molecule has 1 saturated heterocycles. The van der Waals surface area contributed by atoms with Crippen molar-refractivity contribution in [2.45, 2.75) is 45.7 Å². The molecule has 0 aliphatic carbocycles. The molecular weight excluding hydrogens is 420 g/mol. The number of aromatic carboxylic acids is 1. The van der Waals surface area contributed by atoms with Crippen LogP contribution in [0.25, 0.3) is 5.69 Å². The molecule has 1 aliphatic rings. The van der Waals surface area contributed by atoms with E-state index in [1.807, 2.05) is 36.5 Å². The minimum atomic E-state index is -0.923. The van der Waals surface area contributed by atoms with E-state index >= 15 is 0 Å². The van der Waals surface area contributed by atoms with Crippen LogP contribution >= 0.6 is 12.2 Å². The molecule has 0 unspecified atom stereocenters. The number of carbonyl (C=O) groups is 1. The fourth-order valence-electron chi connectivity index (χ4n) is 4.55. The van der Waals surface area contributed by atoms with Crippen LogP contribution < -0.4 is 5.32 Å². The first-order chi connectivity index (χ1) is 15.4. The molecule has 32 heavy (non-hydrogen) atoms. The van der Waals surface area contributed by atoms with Crippen molar-refractivity contribution in [1.29, 1.82) is 0 Å². The molecule has 166 valence electrons. The molecule has 4 rings (SSSR count). The molecule has 1 fully saturated rings. The Labute approximate surface area is 193 Å². The molecule has 1 aliphatic heterocycles. The number of benzene rings is 1. The summed E-state index contributed by atoms with van der Waals surface area (Å²) in [5, 5.41) is 13.5. The third kappa shape index (κ3) is 4.00. The van der Waals surface area contributed by atoms with Crippen LogP contribution in [0.5, 0.6) is 0 Å². The van der Waals surface area contributed by atoms with E-state index in [0.29, 0.717) is 0 Å². The van der Waals surface area contributed by atoms with Crippen molar-refractivity contribution >= 4 is 23.3 Å². The molecule has 1 aromatic carbocycles. The smallest absolute Gasteiger partial charge is 0.335 e. The number of rotatable bonds is 7.